The van der Waals surface area contributed by atoms with Crippen LogP contribution in [0.25, 0.3) is 6.08 Å². The molecule has 0 bridgehead atoms. The lowest BCUT2D eigenvalue weighted by Crippen LogP contribution is -2.38. The summed E-state index contributed by atoms with van der Waals surface area (Å²) < 4.78 is 17.3. The molecule has 0 atom stereocenters. The fourth-order valence-corrected chi connectivity index (χ4v) is 3.96. The van der Waals surface area contributed by atoms with Crippen molar-refractivity contribution >= 4 is 52.2 Å². The van der Waals surface area contributed by atoms with Crippen molar-refractivity contribution in [3.8, 4) is 17.2 Å². The van der Waals surface area contributed by atoms with E-state index >= 15 is 0 Å². The number of benzene rings is 2. The van der Waals surface area contributed by atoms with Crippen molar-refractivity contribution in [1.29, 1.82) is 0 Å². The average molecular weight is 577 g/mol. The number of hydrogen-bond acceptors (Lipinski definition) is 6. The molecule has 0 saturated carbocycles. The first-order valence-electron chi connectivity index (χ1n) is 10.3. The van der Waals surface area contributed by atoms with E-state index in [0.29, 0.717) is 41.7 Å². The largest absolute Gasteiger partial charge is 0.495 e. The second-order valence-electron chi connectivity index (χ2n) is 6.99. The minimum absolute atomic E-state index is 0.0492. The molecule has 0 aromatic heterocycles. The number of nitrogens with one attached hydrogen (secondary N) is 2. The number of para-hydroxylation sites is 2. The van der Waals surface area contributed by atoms with Crippen molar-refractivity contribution < 1.29 is 28.6 Å². The van der Waals surface area contributed by atoms with Crippen molar-refractivity contribution in [2.45, 2.75) is 6.92 Å². The normalized spacial score (nSPS) is 14.1. The van der Waals surface area contributed by atoms with Crippen LogP contribution >= 0.6 is 22.6 Å². The van der Waals surface area contributed by atoms with Crippen LogP contribution in [0, 0.1) is 3.57 Å². The summed E-state index contributed by atoms with van der Waals surface area (Å²) in [6, 6.07) is 9.68. The van der Waals surface area contributed by atoms with Crippen LogP contribution in [0.5, 0.6) is 17.2 Å². The number of carbonyl (C=O) groups is 3. The van der Waals surface area contributed by atoms with E-state index in [0.717, 1.165) is 8.47 Å². The number of nitrogens with zero attached hydrogens (tertiary/aromatic N) is 1. The van der Waals surface area contributed by atoms with Gasteiger partial charge in [0, 0.05) is 0 Å². The first-order valence-corrected chi connectivity index (χ1v) is 11.4. The van der Waals surface area contributed by atoms with E-state index in [-0.39, 0.29) is 5.70 Å². The lowest BCUT2D eigenvalue weighted by Gasteiger charge is -2.14. The summed E-state index contributed by atoms with van der Waals surface area (Å²) in [5.41, 5.74) is 1.12. The minimum Gasteiger partial charge on any atom is -0.495 e. The highest BCUT2D eigenvalue weighted by atomic mass is 127. The molecular formula is C24H24IN3O6. The summed E-state index contributed by atoms with van der Waals surface area (Å²) in [5, 5.41) is 5.17. The van der Waals surface area contributed by atoms with Gasteiger partial charge in [0.1, 0.15) is 24.6 Å². The molecule has 2 aromatic rings. The molecular weight excluding hydrogens is 553 g/mol. The zero-order valence-electron chi connectivity index (χ0n) is 18.7. The number of rotatable bonds is 10. The van der Waals surface area contributed by atoms with Gasteiger partial charge in [0.2, 0.25) is 5.91 Å². The van der Waals surface area contributed by atoms with Crippen LogP contribution in [-0.2, 0) is 9.59 Å². The molecule has 1 aliphatic rings. The lowest BCUT2D eigenvalue weighted by atomic mass is 10.1. The second kappa shape index (κ2) is 11.5. The van der Waals surface area contributed by atoms with E-state index in [4.69, 9.17) is 14.2 Å². The minimum atomic E-state index is -0.683. The number of halogens is 1. The zero-order chi connectivity index (χ0) is 24.7. The van der Waals surface area contributed by atoms with Crippen LogP contribution in [0.1, 0.15) is 12.5 Å². The SMILES string of the molecule is C=CCOc1c(I)cc(/C=C2/NC(=O)N(CC(=O)Nc3ccccc3OC)C2=O)cc1OCC. The van der Waals surface area contributed by atoms with Crippen LogP contribution in [0.3, 0.4) is 0 Å². The van der Waals surface area contributed by atoms with E-state index in [2.05, 4.69) is 39.8 Å². The topological polar surface area (TPSA) is 106 Å². The number of methoxy groups -OCH3 is 1. The molecule has 2 N–H and O–H groups in total. The summed E-state index contributed by atoms with van der Waals surface area (Å²) in [7, 11) is 1.48. The van der Waals surface area contributed by atoms with Crippen LogP contribution < -0.4 is 24.8 Å². The Labute approximate surface area is 210 Å². The zero-order valence-corrected chi connectivity index (χ0v) is 20.9. The van der Waals surface area contributed by atoms with Crippen LogP contribution in [0.15, 0.2) is 54.8 Å². The average Bonchev–Trinajstić information content (AvgIpc) is 3.06. The van der Waals surface area contributed by atoms with Gasteiger partial charge in [-0.3, -0.25) is 9.59 Å². The monoisotopic (exact) mass is 577 g/mol. The number of anilines is 1. The first-order chi connectivity index (χ1) is 16.4. The van der Waals surface area contributed by atoms with Crippen LogP contribution in [-0.4, -0.2) is 49.6 Å². The number of urea groups is 1. The maximum absolute atomic E-state index is 12.8. The molecule has 1 heterocycles. The molecule has 1 aliphatic heterocycles. The maximum Gasteiger partial charge on any atom is 0.329 e. The fraction of sp³-hybridized carbons (Fsp3) is 0.208. The Bertz CT molecular complexity index is 1150. The van der Waals surface area contributed by atoms with Crippen LogP contribution in [0.2, 0.25) is 0 Å². The van der Waals surface area contributed by atoms with Gasteiger partial charge in [0.25, 0.3) is 5.91 Å². The highest BCUT2D eigenvalue weighted by Crippen LogP contribution is 2.35. The summed E-state index contributed by atoms with van der Waals surface area (Å²) >= 11 is 2.11. The van der Waals surface area contributed by atoms with Crippen LogP contribution in [0.4, 0.5) is 10.5 Å². The molecule has 1 saturated heterocycles. The van der Waals surface area contributed by atoms with Gasteiger partial charge in [-0.15, -0.1) is 0 Å². The molecule has 0 aliphatic carbocycles. The van der Waals surface area contributed by atoms with Gasteiger partial charge in [-0.1, -0.05) is 24.8 Å². The Morgan fingerprint density at radius 2 is 1.97 bits per heavy atom. The molecule has 3 rings (SSSR count). The highest BCUT2D eigenvalue weighted by molar-refractivity contribution is 14.1. The van der Waals surface area contributed by atoms with Gasteiger partial charge in [-0.2, -0.15) is 0 Å². The third kappa shape index (κ3) is 5.87. The van der Waals surface area contributed by atoms with Gasteiger partial charge >= 0.3 is 6.03 Å². The summed E-state index contributed by atoms with van der Waals surface area (Å²) in [6.45, 7) is 5.79. The molecule has 178 valence electrons. The number of ether oxygens (including phenoxy) is 3. The van der Waals surface area contributed by atoms with Crippen molar-refractivity contribution in [3.63, 3.8) is 0 Å². The van der Waals surface area contributed by atoms with Gasteiger partial charge in [-0.25, -0.2) is 9.69 Å². The standard InChI is InChI=1S/C24H24IN3O6/c1-4-10-34-22-16(25)11-15(13-20(22)33-5-2)12-18-23(30)28(24(31)27-18)14-21(29)26-17-8-6-7-9-19(17)32-3/h4,6-9,11-13H,1,5,10,14H2,2-3H3,(H,26,29)(H,27,31)/b18-12+. The number of amides is 4. The molecule has 34 heavy (non-hydrogen) atoms. The van der Waals surface area contributed by atoms with Gasteiger partial charge in [0.05, 0.1) is 23.0 Å². The molecule has 10 heteroatoms. The van der Waals surface area contributed by atoms with E-state index in [1.54, 1.807) is 42.5 Å². The van der Waals surface area contributed by atoms with Crippen molar-refractivity contribution in [2.24, 2.45) is 0 Å². The van der Waals surface area contributed by atoms with Gasteiger partial charge in [-0.05, 0) is 65.4 Å². The van der Waals surface area contributed by atoms with Crippen molar-refractivity contribution in [1.82, 2.24) is 10.2 Å². The van der Waals surface area contributed by atoms with E-state index in [9.17, 15) is 14.4 Å². The first kappa shape index (κ1) is 25.1. The molecule has 0 spiro atoms. The predicted molar refractivity (Wildman–Crippen MR) is 136 cm³/mol. The number of carbonyl (C=O) groups excluding carboxylic acids is 3. The smallest absolute Gasteiger partial charge is 0.329 e. The fourth-order valence-electron chi connectivity index (χ4n) is 3.18. The molecule has 1 fully saturated rings. The Morgan fingerprint density at radius 1 is 1.21 bits per heavy atom. The summed E-state index contributed by atoms with van der Waals surface area (Å²) in [6.07, 6.45) is 3.16. The third-order valence-electron chi connectivity index (χ3n) is 4.63. The second-order valence-corrected chi connectivity index (χ2v) is 8.15. The lowest BCUT2D eigenvalue weighted by molar-refractivity contribution is -0.127. The maximum atomic E-state index is 12.8. The Balaban J connectivity index is 1.77. The van der Waals surface area contributed by atoms with E-state index in [1.165, 1.54) is 13.2 Å². The number of hydrogen-bond donors (Lipinski definition) is 2. The summed E-state index contributed by atoms with van der Waals surface area (Å²) in [5.74, 6) is 0.397. The number of imide groups is 1. The molecule has 0 unspecified atom stereocenters. The molecule has 2 aromatic carbocycles. The third-order valence-corrected chi connectivity index (χ3v) is 5.43. The van der Waals surface area contributed by atoms with Gasteiger partial charge < -0.3 is 24.8 Å². The highest BCUT2D eigenvalue weighted by Gasteiger charge is 2.35. The predicted octanol–water partition coefficient (Wildman–Crippen LogP) is 3.79. The molecule has 4 amide bonds. The summed E-state index contributed by atoms with van der Waals surface area (Å²) in [4.78, 5) is 38.6. The van der Waals surface area contributed by atoms with Crippen molar-refractivity contribution in [2.75, 3.05) is 32.2 Å². The van der Waals surface area contributed by atoms with Gasteiger partial charge in [0.15, 0.2) is 11.5 Å². The Morgan fingerprint density at radius 3 is 2.68 bits per heavy atom. The van der Waals surface area contributed by atoms with Crippen molar-refractivity contribution in [3.05, 3.63) is 63.9 Å². The quantitative estimate of drug-likeness (QED) is 0.193. The molecule has 9 nitrogen and oxygen atoms in total. The van der Waals surface area contributed by atoms with E-state index < -0.39 is 24.4 Å². The van der Waals surface area contributed by atoms with E-state index in [1.807, 2.05) is 6.92 Å². The molecule has 0 radical (unpaired) electrons. The Hall–Kier alpha value is -3.54. The Kier molecular flexibility index (Phi) is 8.52.